The molecule has 0 fully saturated rings. The molecule has 2 aliphatic rings. The summed E-state index contributed by atoms with van der Waals surface area (Å²) in [7, 11) is 1.61. The van der Waals surface area contributed by atoms with Gasteiger partial charge in [-0.3, -0.25) is 4.79 Å². The van der Waals surface area contributed by atoms with E-state index >= 15 is 0 Å². The van der Waals surface area contributed by atoms with Crippen LogP contribution in [0, 0.1) is 5.82 Å². The van der Waals surface area contributed by atoms with Crippen molar-refractivity contribution < 1.29 is 23.5 Å². The minimum atomic E-state index is -0.796. The number of esters is 1. The Labute approximate surface area is 186 Å². The van der Waals surface area contributed by atoms with Crippen molar-refractivity contribution in [3.8, 4) is 5.75 Å². The Morgan fingerprint density at radius 2 is 1.84 bits per heavy atom. The van der Waals surface area contributed by atoms with Crippen molar-refractivity contribution in [3.63, 3.8) is 0 Å². The molecule has 166 valence electrons. The molecular weight excluding hydrogens is 409 g/mol. The number of ketones is 1. The van der Waals surface area contributed by atoms with Crippen LogP contribution in [0.3, 0.4) is 0 Å². The maximum absolute atomic E-state index is 14.9. The Hall–Kier alpha value is -3.41. The van der Waals surface area contributed by atoms with Crippen molar-refractivity contribution >= 4 is 11.8 Å². The van der Waals surface area contributed by atoms with Gasteiger partial charge in [0.2, 0.25) is 0 Å². The zero-order chi connectivity index (χ0) is 22.8. The molecule has 0 amide bonds. The summed E-state index contributed by atoms with van der Waals surface area (Å²) in [6.45, 7) is 3.68. The summed E-state index contributed by atoms with van der Waals surface area (Å²) < 4.78 is 25.4. The molecule has 0 bridgehead atoms. The normalized spacial score (nSPS) is 20.6. The van der Waals surface area contributed by atoms with Gasteiger partial charge in [0.15, 0.2) is 5.78 Å². The fourth-order valence-electron chi connectivity index (χ4n) is 4.65. The summed E-state index contributed by atoms with van der Waals surface area (Å²) in [6, 6.07) is 14.0. The lowest BCUT2D eigenvalue weighted by molar-refractivity contribution is -0.138. The summed E-state index contributed by atoms with van der Waals surface area (Å²) in [5, 5.41) is 3.27. The molecule has 0 saturated heterocycles. The third-order valence-electron chi connectivity index (χ3n) is 6.13. The smallest absolute Gasteiger partial charge is 0.336 e. The van der Waals surface area contributed by atoms with E-state index in [1.807, 2.05) is 24.3 Å². The van der Waals surface area contributed by atoms with Gasteiger partial charge in [-0.2, -0.15) is 0 Å². The molecule has 2 aromatic carbocycles. The monoisotopic (exact) mass is 435 g/mol. The van der Waals surface area contributed by atoms with E-state index in [1.54, 1.807) is 39.2 Å². The molecule has 0 radical (unpaired) electrons. The molecule has 0 saturated carbocycles. The molecule has 2 unspecified atom stereocenters. The number of methoxy groups -OCH3 is 1. The van der Waals surface area contributed by atoms with Gasteiger partial charge in [-0.15, -0.1) is 0 Å². The van der Waals surface area contributed by atoms with E-state index in [1.165, 1.54) is 6.07 Å². The number of halogens is 1. The van der Waals surface area contributed by atoms with Gasteiger partial charge in [0.25, 0.3) is 0 Å². The van der Waals surface area contributed by atoms with E-state index in [0.717, 1.165) is 17.0 Å². The largest absolute Gasteiger partial charge is 0.497 e. The highest BCUT2D eigenvalue weighted by atomic mass is 19.1. The second kappa shape index (κ2) is 8.99. The van der Waals surface area contributed by atoms with Crippen LogP contribution in [0.2, 0.25) is 0 Å². The van der Waals surface area contributed by atoms with E-state index in [-0.39, 0.29) is 30.3 Å². The van der Waals surface area contributed by atoms with Crippen molar-refractivity contribution in [2.75, 3.05) is 13.7 Å². The van der Waals surface area contributed by atoms with Gasteiger partial charge in [-0.05, 0) is 49.9 Å². The van der Waals surface area contributed by atoms with Gasteiger partial charge >= 0.3 is 5.97 Å². The fourth-order valence-corrected chi connectivity index (χ4v) is 4.65. The Kier molecular flexibility index (Phi) is 6.12. The molecule has 1 heterocycles. The van der Waals surface area contributed by atoms with Gasteiger partial charge in [0, 0.05) is 29.0 Å². The first-order chi connectivity index (χ1) is 15.4. The van der Waals surface area contributed by atoms with Crippen LogP contribution in [0.5, 0.6) is 5.75 Å². The van der Waals surface area contributed by atoms with Crippen LogP contribution >= 0.6 is 0 Å². The minimum Gasteiger partial charge on any atom is -0.497 e. The third-order valence-corrected chi connectivity index (χ3v) is 6.13. The van der Waals surface area contributed by atoms with Gasteiger partial charge in [0.05, 0.1) is 25.2 Å². The molecule has 4 rings (SSSR count). The molecule has 2 atom stereocenters. The first-order valence-corrected chi connectivity index (χ1v) is 10.7. The molecule has 2 aromatic rings. The van der Waals surface area contributed by atoms with Crippen molar-refractivity contribution in [1.29, 1.82) is 0 Å². The van der Waals surface area contributed by atoms with Crippen LogP contribution in [0.25, 0.3) is 0 Å². The number of carbonyl (C=O) groups is 2. The summed E-state index contributed by atoms with van der Waals surface area (Å²) in [5.41, 5.74) is 3.40. The highest BCUT2D eigenvalue weighted by molar-refractivity contribution is 6.04. The van der Waals surface area contributed by atoms with Gasteiger partial charge in [-0.25, -0.2) is 9.18 Å². The maximum atomic E-state index is 14.9. The first-order valence-electron chi connectivity index (χ1n) is 10.7. The Morgan fingerprint density at radius 1 is 1.12 bits per heavy atom. The molecule has 6 heteroatoms. The van der Waals surface area contributed by atoms with Crippen LogP contribution in [0.4, 0.5) is 4.39 Å². The highest BCUT2D eigenvalue weighted by Gasteiger charge is 2.42. The van der Waals surface area contributed by atoms with E-state index < -0.39 is 17.7 Å². The number of hydrogen-bond acceptors (Lipinski definition) is 5. The molecule has 1 aliphatic heterocycles. The zero-order valence-electron chi connectivity index (χ0n) is 18.4. The number of carbonyl (C=O) groups excluding carboxylic acids is 2. The zero-order valence-corrected chi connectivity index (χ0v) is 18.4. The molecule has 1 aliphatic carbocycles. The number of ether oxygens (including phenoxy) is 2. The van der Waals surface area contributed by atoms with Crippen molar-refractivity contribution in [2.24, 2.45) is 0 Å². The summed E-state index contributed by atoms with van der Waals surface area (Å²) in [5.74, 6) is -1.15. The molecule has 1 N–H and O–H groups in total. The second-order valence-corrected chi connectivity index (χ2v) is 8.03. The number of nitrogens with one attached hydrogen (secondary N) is 1. The lowest BCUT2D eigenvalue weighted by Crippen LogP contribution is -2.36. The number of allylic oxidation sites excluding steroid dienone is 3. The Bertz CT molecular complexity index is 1120. The molecule has 32 heavy (non-hydrogen) atoms. The topological polar surface area (TPSA) is 64.6 Å². The molecular formula is C26H26FNO4. The summed E-state index contributed by atoms with van der Waals surface area (Å²) >= 11 is 0. The van der Waals surface area contributed by atoms with Crippen molar-refractivity contribution in [3.05, 3.63) is 88.0 Å². The first kappa shape index (κ1) is 21.8. The predicted octanol–water partition coefficient (Wildman–Crippen LogP) is 4.76. The van der Waals surface area contributed by atoms with Gasteiger partial charge in [-0.1, -0.05) is 30.3 Å². The van der Waals surface area contributed by atoms with Crippen LogP contribution in [0.1, 0.15) is 49.7 Å². The second-order valence-electron chi connectivity index (χ2n) is 8.03. The number of rotatable bonds is 5. The number of Topliss-reactive ketones (excluding diaryl/α,β-unsaturated/α-hetero) is 1. The SMILES string of the molecule is CCOC(=O)C1=C(C)NC2=C(C(=O)CC(c3ccc(OC)cc3)C2)C1c1ccccc1F. The summed E-state index contributed by atoms with van der Waals surface area (Å²) in [6.07, 6.45) is 0.874. The van der Waals surface area contributed by atoms with Crippen LogP contribution < -0.4 is 10.1 Å². The number of benzene rings is 2. The van der Waals surface area contributed by atoms with E-state index in [2.05, 4.69) is 5.32 Å². The van der Waals surface area contributed by atoms with Crippen LogP contribution in [-0.4, -0.2) is 25.5 Å². The van der Waals surface area contributed by atoms with Gasteiger partial charge in [0.1, 0.15) is 11.6 Å². The third kappa shape index (κ3) is 3.93. The minimum absolute atomic E-state index is 0.0159. The molecule has 0 aromatic heterocycles. The average molecular weight is 435 g/mol. The van der Waals surface area contributed by atoms with Gasteiger partial charge < -0.3 is 14.8 Å². The number of hydrogen-bond donors (Lipinski definition) is 1. The Balaban J connectivity index is 1.78. The number of dihydropyridines is 1. The van der Waals surface area contributed by atoms with Crippen LogP contribution in [-0.2, 0) is 14.3 Å². The Morgan fingerprint density at radius 3 is 2.50 bits per heavy atom. The predicted molar refractivity (Wildman–Crippen MR) is 119 cm³/mol. The maximum Gasteiger partial charge on any atom is 0.336 e. The quantitative estimate of drug-likeness (QED) is 0.686. The summed E-state index contributed by atoms with van der Waals surface area (Å²) in [4.78, 5) is 26.3. The standard InChI is InChI=1S/C26H26FNO4/c1-4-32-26(30)23-15(2)28-21-13-17(16-9-11-18(31-3)12-10-16)14-22(29)25(21)24(23)19-7-5-6-8-20(19)27/h5-12,17,24,28H,4,13-14H2,1-3H3. The van der Waals surface area contributed by atoms with E-state index in [4.69, 9.17) is 9.47 Å². The van der Waals surface area contributed by atoms with Crippen molar-refractivity contribution in [1.82, 2.24) is 5.32 Å². The lowest BCUT2D eigenvalue weighted by Gasteiger charge is -2.36. The fraction of sp³-hybridized carbons (Fsp3) is 0.308. The van der Waals surface area contributed by atoms with E-state index in [9.17, 15) is 14.0 Å². The molecule has 0 spiro atoms. The average Bonchev–Trinajstić information content (AvgIpc) is 2.78. The molecule has 5 nitrogen and oxygen atoms in total. The highest BCUT2D eigenvalue weighted by Crippen LogP contribution is 2.46. The van der Waals surface area contributed by atoms with E-state index in [0.29, 0.717) is 23.3 Å². The van der Waals surface area contributed by atoms with Crippen molar-refractivity contribution in [2.45, 2.75) is 38.5 Å². The lowest BCUT2D eigenvalue weighted by atomic mass is 9.71. The van der Waals surface area contributed by atoms with Crippen LogP contribution in [0.15, 0.2) is 71.1 Å².